The van der Waals surface area contributed by atoms with Crippen molar-refractivity contribution in [1.82, 2.24) is 4.98 Å². The molecule has 1 aromatic heterocycles. The van der Waals surface area contributed by atoms with Gasteiger partial charge in [0.25, 0.3) is 5.91 Å². The summed E-state index contributed by atoms with van der Waals surface area (Å²) in [4.78, 5) is 15.9. The van der Waals surface area contributed by atoms with Crippen molar-refractivity contribution in [1.29, 1.82) is 0 Å². The first-order chi connectivity index (χ1) is 8.58. The second-order valence-electron chi connectivity index (χ2n) is 3.45. The van der Waals surface area contributed by atoms with Gasteiger partial charge in [-0.2, -0.15) is 0 Å². The maximum atomic E-state index is 12.0. The molecule has 92 valence electrons. The zero-order valence-electron chi connectivity index (χ0n) is 9.02. The van der Waals surface area contributed by atoms with Crippen LogP contribution in [-0.4, -0.2) is 16.0 Å². The number of hydrogen-bond acceptors (Lipinski definition) is 3. The predicted molar refractivity (Wildman–Crippen MR) is 78.0 cm³/mol. The van der Waals surface area contributed by atoms with Gasteiger partial charge in [-0.25, -0.2) is 4.98 Å². The molecule has 6 heteroatoms. The Labute approximate surface area is 122 Å². The van der Waals surface area contributed by atoms with Gasteiger partial charge in [-0.1, -0.05) is 11.6 Å². The third-order valence-corrected chi connectivity index (χ3v) is 3.17. The van der Waals surface area contributed by atoms with E-state index in [2.05, 4.69) is 32.9 Å². The molecule has 0 bridgehead atoms. The van der Waals surface area contributed by atoms with E-state index in [9.17, 15) is 9.90 Å². The van der Waals surface area contributed by atoms with E-state index in [1.54, 1.807) is 24.3 Å². The van der Waals surface area contributed by atoms with Crippen LogP contribution >= 0.6 is 34.2 Å². The van der Waals surface area contributed by atoms with Gasteiger partial charge in [0.05, 0.1) is 10.6 Å². The molecule has 2 rings (SSSR count). The summed E-state index contributed by atoms with van der Waals surface area (Å²) >= 11 is 7.95. The van der Waals surface area contributed by atoms with E-state index in [0.29, 0.717) is 5.02 Å². The molecule has 18 heavy (non-hydrogen) atoms. The second-order valence-corrected chi connectivity index (χ2v) is 5.10. The molecule has 0 aliphatic heterocycles. The molecule has 0 radical (unpaired) electrons. The number of phenols is 1. The summed E-state index contributed by atoms with van der Waals surface area (Å²) in [5, 5.41) is 12.5. The molecule has 1 aromatic carbocycles. The van der Waals surface area contributed by atoms with Crippen LogP contribution in [-0.2, 0) is 0 Å². The monoisotopic (exact) mass is 374 g/mol. The standard InChI is InChI=1S/C12H8ClIN2O2/c13-9-2-1-5-15-11(9)16-12(18)8-6-7(14)3-4-10(8)17/h1-6,17H,(H,15,16,18). The largest absolute Gasteiger partial charge is 0.507 e. The lowest BCUT2D eigenvalue weighted by molar-refractivity contribution is 0.102. The first-order valence-electron chi connectivity index (χ1n) is 4.98. The maximum Gasteiger partial charge on any atom is 0.260 e. The second kappa shape index (κ2) is 5.53. The fourth-order valence-corrected chi connectivity index (χ4v) is 2.00. The van der Waals surface area contributed by atoms with Crippen LogP contribution < -0.4 is 5.32 Å². The molecule has 0 saturated carbocycles. The first-order valence-corrected chi connectivity index (χ1v) is 6.44. The summed E-state index contributed by atoms with van der Waals surface area (Å²) in [6, 6.07) is 8.05. The van der Waals surface area contributed by atoms with Crippen LogP contribution in [0.15, 0.2) is 36.5 Å². The molecule has 0 spiro atoms. The number of carbonyl (C=O) groups is 1. The molecule has 0 unspecified atom stereocenters. The number of rotatable bonds is 2. The van der Waals surface area contributed by atoms with E-state index in [1.807, 2.05) is 0 Å². The Morgan fingerprint density at radius 3 is 2.89 bits per heavy atom. The highest BCUT2D eigenvalue weighted by molar-refractivity contribution is 14.1. The summed E-state index contributed by atoms with van der Waals surface area (Å²) in [6.45, 7) is 0. The third-order valence-electron chi connectivity index (χ3n) is 2.19. The summed E-state index contributed by atoms with van der Waals surface area (Å²) in [5.41, 5.74) is 0.184. The highest BCUT2D eigenvalue weighted by Crippen LogP contribution is 2.23. The van der Waals surface area contributed by atoms with Crippen LogP contribution in [0.5, 0.6) is 5.75 Å². The van der Waals surface area contributed by atoms with Crippen LogP contribution in [0.1, 0.15) is 10.4 Å². The van der Waals surface area contributed by atoms with Gasteiger partial charge in [-0.15, -0.1) is 0 Å². The SMILES string of the molecule is O=C(Nc1ncccc1Cl)c1cc(I)ccc1O. The number of aromatic hydroxyl groups is 1. The van der Waals surface area contributed by atoms with E-state index in [-0.39, 0.29) is 17.1 Å². The van der Waals surface area contributed by atoms with Crippen molar-refractivity contribution in [2.45, 2.75) is 0 Å². The van der Waals surface area contributed by atoms with Gasteiger partial charge in [0, 0.05) is 9.77 Å². The molecule has 0 aliphatic rings. The van der Waals surface area contributed by atoms with Gasteiger partial charge in [0.15, 0.2) is 5.82 Å². The Balaban J connectivity index is 2.28. The summed E-state index contributed by atoms with van der Waals surface area (Å²) in [7, 11) is 0. The smallest absolute Gasteiger partial charge is 0.260 e. The number of hydrogen-bond donors (Lipinski definition) is 2. The van der Waals surface area contributed by atoms with Crippen LogP contribution in [0.2, 0.25) is 5.02 Å². The van der Waals surface area contributed by atoms with Crippen LogP contribution in [0.3, 0.4) is 0 Å². The quantitative estimate of drug-likeness (QED) is 0.793. The van der Waals surface area contributed by atoms with Crippen molar-refractivity contribution in [3.05, 3.63) is 50.7 Å². The molecule has 0 atom stereocenters. The lowest BCUT2D eigenvalue weighted by Crippen LogP contribution is -2.13. The number of phenolic OH excluding ortho intramolecular Hbond substituents is 1. The minimum atomic E-state index is -0.452. The molecular formula is C12H8ClIN2O2. The number of benzene rings is 1. The van der Waals surface area contributed by atoms with Gasteiger partial charge in [-0.05, 0) is 52.9 Å². The minimum absolute atomic E-state index is 0.0834. The number of carbonyl (C=O) groups excluding carboxylic acids is 1. The van der Waals surface area contributed by atoms with E-state index >= 15 is 0 Å². The van der Waals surface area contributed by atoms with Crippen molar-refractivity contribution in [2.24, 2.45) is 0 Å². The van der Waals surface area contributed by atoms with Gasteiger partial charge < -0.3 is 10.4 Å². The lowest BCUT2D eigenvalue weighted by Gasteiger charge is -2.07. The Morgan fingerprint density at radius 1 is 1.39 bits per heavy atom. The van der Waals surface area contributed by atoms with E-state index in [0.717, 1.165) is 3.57 Å². The van der Waals surface area contributed by atoms with Crippen molar-refractivity contribution in [2.75, 3.05) is 5.32 Å². The summed E-state index contributed by atoms with van der Waals surface area (Å²) < 4.78 is 0.850. The van der Waals surface area contributed by atoms with Crippen molar-refractivity contribution >= 4 is 45.9 Å². The Hall–Kier alpha value is -1.34. The minimum Gasteiger partial charge on any atom is -0.507 e. The van der Waals surface area contributed by atoms with Crippen LogP contribution in [0, 0.1) is 3.57 Å². The number of pyridine rings is 1. The topological polar surface area (TPSA) is 62.2 Å². The molecule has 1 heterocycles. The predicted octanol–water partition coefficient (Wildman–Crippen LogP) is 3.30. The fraction of sp³-hybridized carbons (Fsp3) is 0. The van der Waals surface area contributed by atoms with E-state index in [1.165, 1.54) is 12.3 Å². The molecule has 2 aromatic rings. The zero-order chi connectivity index (χ0) is 13.1. The number of anilines is 1. The summed E-state index contributed by atoms with van der Waals surface area (Å²) in [5.74, 6) is -0.269. The number of nitrogens with zero attached hydrogens (tertiary/aromatic N) is 1. The molecule has 0 saturated heterocycles. The lowest BCUT2D eigenvalue weighted by atomic mass is 10.2. The summed E-state index contributed by atoms with van der Waals surface area (Å²) in [6.07, 6.45) is 1.52. The van der Waals surface area contributed by atoms with E-state index in [4.69, 9.17) is 11.6 Å². The highest BCUT2D eigenvalue weighted by atomic mass is 127. The average Bonchev–Trinajstić information content (AvgIpc) is 2.35. The van der Waals surface area contributed by atoms with Gasteiger partial charge >= 0.3 is 0 Å². The van der Waals surface area contributed by atoms with E-state index < -0.39 is 5.91 Å². The molecular weight excluding hydrogens is 367 g/mol. The average molecular weight is 375 g/mol. The fourth-order valence-electron chi connectivity index (χ4n) is 1.34. The van der Waals surface area contributed by atoms with Crippen molar-refractivity contribution < 1.29 is 9.90 Å². The highest BCUT2D eigenvalue weighted by Gasteiger charge is 2.13. The number of aromatic nitrogens is 1. The first kappa shape index (κ1) is 13.1. The third kappa shape index (κ3) is 2.91. The molecule has 0 aliphatic carbocycles. The maximum absolute atomic E-state index is 12.0. The molecule has 2 N–H and O–H groups in total. The normalized spacial score (nSPS) is 10.1. The Morgan fingerprint density at radius 2 is 2.17 bits per heavy atom. The van der Waals surface area contributed by atoms with Gasteiger partial charge in [-0.3, -0.25) is 4.79 Å². The van der Waals surface area contributed by atoms with Crippen LogP contribution in [0.4, 0.5) is 5.82 Å². The number of amides is 1. The number of nitrogens with one attached hydrogen (secondary N) is 1. The van der Waals surface area contributed by atoms with Crippen molar-refractivity contribution in [3.8, 4) is 5.75 Å². The molecule has 0 fully saturated rings. The Kier molecular flexibility index (Phi) is 4.03. The van der Waals surface area contributed by atoms with Gasteiger partial charge in [0.1, 0.15) is 5.75 Å². The molecule has 4 nitrogen and oxygen atoms in total. The Bertz CT molecular complexity index is 604. The van der Waals surface area contributed by atoms with Crippen LogP contribution in [0.25, 0.3) is 0 Å². The number of halogens is 2. The van der Waals surface area contributed by atoms with Gasteiger partial charge in [0.2, 0.25) is 0 Å². The zero-order valence-corrected chi connectivity index (χ0v) is 11.9. The molecule has 1 amide bonds. The van der Waals surface area contributed by atoms with Crippen molar-refractivity contribution in [3.63, 3.8) is 0 Å².